The summed E-state index contributed by atoms with van der Waals surface area (Å²) < 4.78 is 52.7. The Balaban J connectivity index is 2.27. The van der Waals surface area contributed by atoms with E-state index in [1.807, 2.05) is 0 Å². The summed E-state index contributed by atoms with van der Waals surface area (Å²) in [5.74, 6) is -0.674. The lowest BCUT2D eigenvalue weighted by atomic mass is 10.2. The van der Waals surface area contributed by atoms with Gasteiger partial charge in [0.2, 0.25) is 0 Å². The van der Waals surface area contributed by atoms with Crippen LogP contribution in [0.3, 0.4) is 0 Å². The number of halogens is 4. The maximum absolute atomic E-state index is 13.2. The van der Waals surface area contributed by atoms with Crippen LogP contribution in [0.5, 0.6) is 0 Å². The van der Waals surface area contributed by atoms with E-state index in [2.05, 4.69) is 15.1 Å². The maximum atomic E-state index is 13.2. The first-order valence-corrected chi connectivity index (χ1v) is 5.68. The molecular weight excluding hydrogens is 290 g/mol. The molecule has 2 N–H and O–H groups in total. The first-order valence-electron chi connectivity index (χ1n) is 5.68. The number of fused-ring (bicyclic) bond motifs is 1. The Bertz CT molecular complexity index is 824. The number of anilines is 1. The second kappa shape index (κ2) is 4.40. The fraction of sp³-hybridized carbons (Fsp3) is 0.0833. The molecule has 0 atom stereocenters. The van der Waals surface area contributed by atoms with E-state index in [0.29, 0.717) is 6.20 Å². The van der Waals surface area contributed by atoms with Crippen molar-refractivity contribution in [1.29, 1.82) is 0 Å². The van der Waals surface area contributed by atoms with Crippen molar-refractivity contribution in [2.75, 3.05) is 5.73 Å². The van der Waals surface area contributed by atoms with Crippen molar-refractivity contribution in [3.63, 3.8) is 0 Å². The van der Waals surface area contributed by atoms with Crippen LogP contribution in [0.1, 0.15) is 5.56 Å². The van der Waals surface area contributed by atoms with E-state index >= 15 is 0 Å². The van der Waals surface area contributed by atoms with E-state index in [-0.39, 0.29) is 17.1 Å². The number of alkyl halides is 3. The van der Waals surface area contributed by atoms with Gasteiger partial charge in [-0.05, 0) is 6.07 Å². The van der Waals surface area contributed by atoms with E-state index in [1.54, 1.807) is 0 Å². The highest BCUT2D eigenvalue weighted by Crippen LogP contribution is 2.33. The van der Waals surface area contributed by atoms with Crippen molar-refractivity contribution >= 4 is 11.5 Å². The van der Waals surface area contributed by atoms with Crippen LogP contribution in [0.25, 0.3) is 16.9 Å². The maximum Gasteiger partial charge on any atom is 0.421 e. The van der Waals surface area contributed by atoms with Gasteiger partial charge in [-0.3, -0.25) is 4.98 Å². The molecule has 0 aromatic carbocycles. The smallest absolute Gasteiger partial charge is 0.384 e. The standard InChI is InChI=1S/C12H7F4N5/c13-7-1-6(3-18-4-7)9-2-10(17)21-11(20-9)8(5-19-21)12(14,15)16/h1-5H,17H2. The third kappa shape index (κ3) is 2.26. The highest BCUT2D eigenvalue weighted by Gasteiger charge is 2.35. The van der Waals surface area contributed by atoms with E-state index in [0.717, 1.165) is 16.8 Å². The zero-order chi connectivity index (χ0) is 15.2. The molecular formula is C12H7F4N5. The molecule has 0 radical (unpaired) electrons. The summed E-state index contributed by atoms with van der Waals surface area (Å²) in [4.78, 5) is 7.50. The average Bonchev–Trinajstić information content (AvgIpc) is 2.83. The molecule has 3 aromatic rings. The number of rotatable bonds is 1. The predicted octanol–water partition coefficient (Wildman–Crippen LogP) is 2.53. The molecule has 0 spiro atoms. The topological polar surface area (TPSA) is 69.1 Å². The molecule has 21 heavy (non-hydrogen) atoms. The Hall–Kier alpha value is -2.71. The van der Waals surface area contributed by atoms with Crippen LogP contribution in [0.15, 0.2) is 30.7 Å². The fourth-order valence-corrected chi connectivity index (χ4v) is 1.89. The number of hydrogen-bond donors (Lipinski definition) is 1. The first-order chi connectivity index (χ1) is 9.86. The molecule has 0 aliphatic heterocycles. The van der Waals surface area contributed by atoms with Gasteiger partial charge in [0.05, 0.1) is 18.1 Å². The first kappa shape index (κ1) is 13.3. The monoisotopic (exact) mass is 297 g/mol. The third-order valence-corrected chi connectivity index (χ3v) is 2.81. The Morgan fingerprint density at radius 2 is 1.86 bits per heavy atom. The summed E-state index contributed by atoms with van der Waals surface area (Å²) in [5, 5.41) is 3.56. The van der Waals surface area contributed by atoms with Crippen LogP contribution >= 0.6 is 0 Å². The predicted molar refractivity (Wildman–Crippen MR) is 65.6 cm³/mol. The third-order valence-electron chi connectivity index (χ3n) is 2.81. The number of hydrogen-bond acceptors (Lipinski definition) is 4. The molecule has 0 fully saturated rings. The van der Waals surface area contributed by atoms with E-state index in [9.17, 15) is 17.6 Å². The number of aromatic nitrogens is 4. The minimum absolute atomic E-state index is 0.0465. The minimum atomic E-state index is -4.61. The molecule has 3 aromatic heterocycles. The molecule has 0 bridgehead atoms. The van der Waals surface area contributed by atoms with Crippen LogP contribution in [0.2, 0.25) is 0 Å². The Labute approximate surface area is 115 Å². The molecule has 0 aliphatic carbocycles. The van der Waals surface area contributed by atoms with Gasteiger partial charge in [-0.2, -0.15) is 22.8 Å². The summed E-state index contributed by atoms with van der Waals surface area (Å²) >= 11 is 0. The molecule has 0 amide bonds. The van der Waals surface area contributed by atoms with Crippen molar-refractivity contribution in [2.24, 2.45) is 0 Å². The van der Waals surface area contributed by atoms with E-state index < -0.39 is 23.2 Å². The Morgan fingerprint density at radius 3 is 2.52 bits per heavy atom. The van der Waals surface area contributed by atoms with Gasteiger partial charge in [-0.15, -0.1) is 0 Å². The van der Waals surface area contributed by atoms with Crippen LogP contribution < -0.4 is 5.73 Å². The van der Waals surface area contributed by atoms with Crippen molar-refractivity contribution in [1.82, 2.24) is 19.6 Å². The second-order valence-electron chi connectivity index (χ2n) is 4.25. The summed E-state index contributed by atoms with van der Waals surface area (Å²) in [6.07, 6.45) is -1.71. The van der Waals surface area contributed by atoms with E-state index in [1.165, 1.54) is 12.3 Å². The lowest BCUT2D eigenvalue weighted by Crippen LogP contribution is -2.07. The highest BCUT2D eigenvalue weighted by atomic mass is 19.4. The summed E-state index contributed by atoms with van der Waals surface area (Å²) in [7, 11) is 0. The van der Waals surface area contributed by atoms with E-state index in [4.69, 9.17) is 5.73 Å². The van der Waals surface area contributed by atoms with Gasteiger partial charge in [0, 0.05) is 17.8 Å². The number of nitrogens with two attached hydrogens (primary N) is 1. The lowest BCUT2D eigenvalue weighted by Gasteiger charge is -2.07. The Morgan fingerprint density at radius 1 is 1.10 bits per heavy atom. The van der Waals surface area contributed by atoms with Crippen LogP contribution in [0.4, 0.5) is 23.4 Å². The molecule has 0 saturated heterocycles. The van der Waals surface area contributed by atoms with Crippen molar-refractivity contribution in [3.05, 3.63) is 42.1 Å². The highest BCUT2D eigenvalue weighted by molar-refractivity contribution is 5.66. The largest absolute Gasteiger partial charge is 0.421 e. The zero-order valence-electron chi connectivity index (χ0n) is 10.3. The normalized spacial score (nSPS) is 12.0. The zero-order valence-corrected chi connectivity index (χ0v) is 10.3. The van der Waals surface area contributed by atoms with Crippen molar-refractivity contribution in [2.45, 2.75) is 6.18 Å². The lowest BCUT2D eigenvalue weighted by molar-refractivity contribution is -0.136. The number of nitrogen functional groups attached to an aromatic ring is 1. The molecule has 0 saturated carbocycles. The van der Waals surface area contributed by atoms with Gasteiger partial charge in [0.1, 0.15) is 17.2 Å². The van der Waals surface area contributed by atoms with Gasteiger partial charge in [0.15, 0.2) is 5.65 Å². The summed E-state index contributed by atoms with van der Waals surface area (Å²) in [6.45, 7) is 0. The number of nitrogens with zero attached hydrogens (tertiary/aromatic N) is 4. The van der Waals surface area contributed by atoms with Gasteiger partial charge >= 0.3 is 6.18 Å². The number of pyridine rings is 1. The summed E-state index contributed by atoms with van der Waals surface area (Å²) in [5.41, 5.74) is 4.51. The molecule has 3 rings (SSSR count). The van der Waals surface area contributed by atoms with Gasteiger partial charge in [-0.25, -0.2) is 9.37 Å². The minimum Gasteiger partial charge on any atom is -0.384 e. The van der Waals surface area contributed by atoms with Crippen molar-refractivity contribution in [3.8, 4) is 11.3 Å². The molecule has 9 heteroatoms. The van der Waals surface area contributed by atoms with Gasteiger partial charge < -0.3 is 5.73 Å². The van der Waals surface area contributed by atoms with Crippen molar-refractivity contribution < 1.29 is 17.6 Å². The SMILES string of the molecule is Nc1cc(-c2cncc(F)c2)nc2c(C(F)(F)F)cnn12. The molecule has 5 nitrogen and oxygen atoms in total. The van der Waals surface area contributed by atoms with Crippen LogP contribution in [0, 0.1) is 5.82 Å². The molecule has 0 aliphatic rings. The Kier molecular flexibility index (Phi) is 2.78. The van der Waals surface area contributed by atoms with Crippen LogP contribution in [-0.2, 0) is 6.18 Å². The summed E-state index contributed by atoms with van der Waals surface area (Å²) in [6, 6.07) is 2.41. The second-order valence-corrected chi connectivity index (χ2v) is 4.25. The quantitative estimate of drug-likeness (QED) is 0.701. The fourth-order valence-electron chi connectivity index (χ4n) is 1.89. The van der Waals surface area contributed by atoms with Gasteiger partial charge in [-0.1, -0.05) is 0 Å². The molecule has 3 heterocycles. The molecule has 108 valence electrons. The molecule has 0 unspecified atom stereocenters. The van der Waals surface area contributed by atoms with Crippen LogP contribution in [-0.4, -0.2) is 19.6 Å². The average molecular weight is 297 g/mol. The van der Waals surface area contributed by atoms with Gasteiger partial charge in [0.25, 0.3) is 0 Å².